The van der Waals surface area contributed by atoms with Crippen LogP contribution in [0.4, 0.5) is 0 Å². The molecule has 0 fully saturated rings. The molecule has 0 aliphatic heterocycles. The Balaban J connectivity index is 4.01. The number of aliphatic hydroxyl groups excluding tert-OH is 1. The van der Waals surface area contributed by atoms with Crippen molar-refractivity contribution in [1.82, 2.24) is 0 Å². The Morgan fingerprint density at radius 2 is 2.62 bits per heavy atom. The highest BCUT2D eigenvalue weighted by atomic mass is 16.5. The number of ether oxygens (including phenoxy) is 1. The lowest BCUT2D eigenvalue weighted by Crippen LogP contribution is -2.00. The fourth-order valence-electron chi connectivity index (χ4n) is 0.201. The standard InChI is InChI=1S/C5H10O3/c1-8-5(7)3-2-4-6/h6H,2-4H2,1H3/i2D2,4D/t4-/m1/s1. The lowest BCUT2D eigenvalue weighted by molar-refractivity contribution is -0.140. The van der Waals surface area contributed by atoms with Crippen LogP contribution in [0.15, 0.2) is 0 Å². The second-order valence-corrected chi connectivity index (χ2v) is 1.09. The number of carbonyl (C=O) groups excluding carboxylic acids is 1. The van der Waals surface area contributed by atoms with Gasteiger partial charge in [-0.3, -0.25) is 4.79 Å². The number of hydrogen-bond donors (Lipinski definition) is 1. The Morgan fingerprint density at radius 1 is 2.00 bits per heavy atom. The number of esters is 1. The smallest absolute Gasteiger partial charge is 0.305 e. The van der Waals surface area contributed by atoms with Crippen molar-refractivity contribution in [2.24, 2.45) is 0 Å². The molecule has 0 aromatic rings. The summed E-state index contributed by atoms with van der Waals surface area (Å²) < 4.78 is 24.7. The van der Waals surface area contributed by atoms with Crippen LogP contribution in [-0.4, -0.2) is 24.8 Å². The number of aliphatic hydroxyl groups is 1. The molecule has 8 heavy (non-hydrogen) atoms. The lowest BCUT2D eigenvalue weighted by atomic mass is 10.3. The van der Waals surface area contributed by atoms with Crippen molar-refractivity contribution < 1.29 is 18.8 Å². The first-order valence-electron chi connectivity index (χ1n) is 3.65. The van der Waals surface area contributed by atoms with Crippen LogP contribution in [-0.2, 0) is 9.53 Å². The van der Waals surface area contributed by atoms with Crippen LogP contribution in [0.2, 0.25) is 0 Å². The highest BCUT2D eigenvalue weighted by molar-refractivity contribution is 5.68. The maximum absolute atomic E-state index is 10.5. The summed E-state index contributed by atoms with van der Waals surface area (Å²) >= 11 is 0. The molecule has 0 aromatic heterocycles. The summed E-state index contributed by atoms with van der Waals surface area (Å²) in [4.78, 5) is 10.5. The van der Waals surface area contributed by atoms with Crippen LogP contribution < -0.4 is 0 Å². The number of hydrogen-bond acceptors (Lipinski definition) is 3. The van der Waals surface area contributed by atoms with Crippen LogP contribution in [0.1, 0.15) is 16.9 Å². The molecular formula is C5H10O3. The summed E-state index contributed by atoms with van der Waals surface area (Å²) in [5.41, 5.74) is 0. The molecule has 3 nitrogen and oxygen atoms in total. The van der Waals surface area contributed by atoms with E-state index < -0.39 is 25.3 Å². The third kappa shape index (κ3) is 3.61. The third-order valence-corrected chi connectivity index (χ3v) is 0.565. The molecule has 0 aliphatic rings. The molecule has 0 unspecified atom stereocenters. The Hall–Kier alpha value is -0.570. The van der Waals surface area contributed by atoms with E-state index in [-0.39, 0.29) is 0 Å². The van der Waals surface area contributed by atoms with Crippen LogP contribution in [0.5, 0.6) is 0 Å². The van der Waals surface area contributed by atoms with Gasteiger partial charge in [-0.15, -0.1) is 0 Å². The zero-order valence-electron chi connectivity index (χ0n) is 7.55. The van der Waals surface area contributed by atoms with Crippen molar-refractivity contribution >= 4 is 5.97 Å². The van der Waals surface area contributed by atoms with Crippen molar-refractivity contribution in [3.8, 4) is 0 Å². The predicted octanol–water partition coefficient (Wildman–Crippen LogP) is -0.0681. The van der Waals surface area contributed by atoms with Gasteiger partial charge in [-0.25, -0.2) is 0 Å². The molecule has 0 rings (SSSR count). The van der Waals surface area contributed by atoms with Crippen molar-refractivity contribution in [2.75, 3.05) is 13.7 Å². The average molecular weight is 121 g/mol. The molecule has 0 saturated carbocycles. The van der Waals surface area contributed by atoms with E-state index in [0.717, 1.165) is 7.11 Å². The Labute approximate surface area is 52.5 Å². The zero-order valence-corrected chi connectivity index (χ0v) is 4.55. The molecule has 0 radical (unpaired) electrons. The largest absolute Gasteiger partial charge is 0.469 e. The Bertz CT molecular complexity index is 146. The van der Waals surface area contributed by atoms with E-state index in [1.165, 1.54) is 0 Å². The highest BCUT2D eigenvalue weighted by Gasteiger charge is 1.95. The molecular weight excluding hydrogens is 108 g/mol. The van der Waals surface area contributed by atoms with Crippen molar-refractivity contribution in [3.63, 3.8) is 0 Å². The van der Waals surface area contributed by atoms with E-state index >= 15 is 0 Å². The Morgan fingerprint density at radius 3 is 3.00 bits per heavy atom. The van der Waals surface area contributed by atoms with Crippen molar-refractivity contribution in [2.45, 2.75) is 12.8 Å². The van der Waals surface area contributed by atoms with Gasteiger partial charge in [-0.1, -0.05) is 0 Å². The van der Waals surface area contributed by atoms with E-state index in [1.54, 1.807) is 0 Å². The second kappa shape index (κ2) is 4.59. The molecule has 1 atom stereocenters. The van der Waals surface area contributed by atoms with Crippen LogP contribution in [0.25, 0.3) is 0 Å². The molecule has 0 heterocycles. The molecule has 0 aliphatic carbocycles. The molecule has 0 spiro atoms. The molecule has 0 amide bonds. The molecule has 0 saturated heterocycles. The number of carbonyl (C=O) groups is 1. The van der Waals surface area contributed by atoms with Gasteiger partial charge in [0.15, 0.2) is 0 Å². The minimum atomic E-state index is -2.23. The van der Waals surface area contributed by atoms with Crippen LogP contribution in [0.3, 0.4) is 0 Å². The van der Waals surface area contributed by atoms with Gasteiger partial charge in [0.05, 0.1) is 8.48 Å². The van der Waals surface area contributed by atoms with Gasteiger partial charge in [0.1, 0.15) is 0 Å². The van der Waals surface area contributed by atoms with E-state index in [4.69, 9.17) is 9.22 Å². The van der Waals surface area contributed by atoms with Gasteiger partial charge in [0.2, 0.25) is 0 Å². The van der Waals surface area contributed by atoms with E-state index in [1.807, 2.05) is 0 Å². The fourth-order valence-corrected chi connectivity index (χ4v) is 0.201. The summed E-state index contributed by atoms with van der Waals surface area (Å²) in [5.74, 6) is -0.777. The Kier molecular flexibility index (Phi) is 1.98. The normalized spacial score (nSPS) is 20.0. The van der Waals surface area contributed by atoms with Crippen LogP contribution in [0, 0.1) is 0 Å². The zero-order chi connectivity index (χ0) is 9.07. The van der Waals surface area contributed by atoms with Gasteiger partial charge in [0, 0.05) is 15.7 Å². The SMILES string of the molecule is [2H][C@@H](O)C([2H])([2H])CC(=O)OC. The van der Waals surface area contributed by atoms with E-state index in [9.17, 15) is 4.79 Å². The minimum absolute atomic E-state index is 0.603. The molecule has 1 N–H and O–H groups in total. The molecule has 3 heteroatoms. The predicted molar refractivity (Wildman–Crippen MR) is 28.3 cm³/mol. The van der Waals surface area contributed by atoms with Gasteiger partial charge in [0.25, 0.3) is 0 Å². The third-order valence-electron chi connectivity index (χ3n) is 0.565. The maximum atomic E-state index is 10.5. The monoisotopic (exact) mass is 121 g/mol. The van der Waals surface area contributed by atoms with E-state index in [2.05, 4.69) is 4.74 Å². The quantitative estimate of drug-likeness (QED) is 0.532. The first-order chi connectivity index (χ1) is 4.90. The van der Waals surface area contributed by atoms with Crippen molar-refractivity contribution in [3.05, 3.63) is 0 Å². The van der Waals surface area contributed by atoms with Gasteiger partial charge in [-0.05, 0) is 6.37 Å². The minimum Gasteiger partial charge on any atom is -0.469 e. The van der Waals surface area contributed by atoms with Gasteiger partial charge < -0.3 is 9.84 Å². The average Bonchev–Trinajstić information content (AvgIpc) is 1.86. The number of methoxy groups -OCH3 is 1. The highest BCUT2D eigenvalue weighted by Crippen LogP contribution is 1.87. The lowest BCUT2D eigenvalue weighted by Gasteiger charge is -1.93. The summed E-state index contributed by atoms with van der Waals surface area (Å²) in [5, 5.41) is 8.51. The maximum Gasteiger partial charge on any atom is 0.305 e. The first kappa shape index (κ1) is 3.45. The van der Waals surface area contributed by atoms with Gasteiger partial charge in [-0.2, -0.15) is 0 Å². The van der Waals surface area contributed by atoms with Crippen molar-refractivity contribution in [1.29, 1.82) is 0 Å². The summed E-state index contributed by atoms with van der Waals surface area (Å²) in [6.45, 7) is -1.92. The number of rotatable bonds is 3. The molecule has 0 bridgehead atoms. The van der Waals surface area contributed by atoms with E-state index in [0.29, 0.717) is 0 Å². The second-order valence-electron chi connectivity index (χ2n) is 1.09. The topological polar surface area (TPSA) is 46.5 Å². The van der Waals surface area contributed by atoms with Crippen LogP contribution >= 0.6 is 0 Å². The summed E-state index contributed by atoms with van der Waals surface area (Å²) in [6, 6.07) is 0. The molecule has 48 valence electrons. The first-order valence-corrected chi connectivity index (χ1v) is 2.07. The summed E-state index contributed by atoms with van der Waals surface area (Å²) in [6.07, 6.45) is -2.83. The van der Waals surface area contributed by atoms with Gasteiger partial charge >= 0.3 is 5.97 Å². The summed E-state index contributed by atoms with van der Waals surface area (Å²) in [7, 11) is 1.12. The fraction of sp³-hybridized carbons (Fsp3) is 0.800. The molecule has 0 aromatic carbocycles.